The number of amides is 2. The number of nitrogens with zero attached hydrogens (tertiary/aromatic N) is 6. The van der Waals surface area contributed by atoms with E-state index in [0.29, 0.717) is 22.9 Å². The lowest BCUT2D eigenvalue weighted by molar-refractivity contribution is -0.708. The van der Waals surface area contributed by atoms with E-state index >= 15 is 0 Å². The minimum absolute atomic E-state index is 0.0944. The number of nitro groups is 2. The van der Waals surface area contributed by atoms with Crippen LogP contribution in [0.3, 0.4) is 0 Å². The van der Waals surface area contributed by atoms with Gasteiger partial charge in [0.2, 0.25) is 11.0 Å². The fraction of sp³-hybridized carbons (Fsp3) is 0.200. The molecule has 1 saturated heterocycles. The molecule has 3 aromatic rings. The van der Waals surface area contributed by atoms with E-state index < -0.39 is 32.9 Å². The molecule has 0 bridgehead atoms. The Bertz CT molecular complexity index is 1520. The Morgan fingerprint density at radius 3 is 2.29 bits per heavy atom. The number of hydrogen-bond donors (Lipinski definition) is 1. The second-order valence-electron chi connectivity index (χ2n) is 8.69. The van der Waals surface area contributed by atoms with Crippen molar-refractivity contribution in [3.8, 4) is 11.5 Å². The Balaban J connectivity index is 1.34. The normalized spacial score (nSPS) is 13.4. The first kappa shape index (κ1) is 28.2. The van der Waals surface area contributed by atoms with Crippen LogP contribution in [0.2, 0.25) is 0 Å². The average Bonchev–Trinajstić information content (AvgIpc) is 2.98. The lowest BCUT2D eigenvalue weighted by Crippen LogP contribution is -2.50. The molecule has 16 heteroatoms. The summed E-state index contributed by atoms with van der Waals surface area (Å²) < 4.78 is 5.73. The van der Waals surface area contributed by atoms with Crippen molar-refractivity contribution in [1.29, 1.82) is 0 Å². The van der Waals surface area contributed by atoms with Gasteiger partial charge < -0.3 is 20.6 Å². The minimum atomic E-state index is -0.890. The molecule has 1 heterocycles. The molecule has 1 aliphatic rings. The van der Waals surface area contributed by atoms with Crippen molar-refractivity contribution in [3.63, 3.8) is 0 Å². The summed E-state index contributed by atoms with van der Waals surface area (Å²) in [7, 11) is 0. The Hall–Kier alpha value is -5.80. The number of ether oxygens (including phenoxy) is 1. The van der Waals surface area contributed by atoms with Crippen LogP contribution in [0.5, 0.6) is 11.5 Å². The summed E-state index contributed by atoms with van der Waals surface area (Å²) in [5.74, 6) is -1.01. The predicted octanol–water partition coefficient (Wildman–Crippen LogP) is 2.81. The van der Waals surface area contributed by atoms with Crippen molar-refractivity contribution >= 4 is 23.2 Å². The maximum Gasteiger partial charge on any atom is 0.321 e. The molecule has 2 N–H and O–H groups in total. The van der Waals surface area contributed by atoms with E-state index in [1.54, 1.807) is 53.4 Å². The molecule has 0 aliphatic carbocycles. The summed E-state index contributed by atoms with van der Waals surface area (Å²) >= 11 is 0. The molecule has 2 amide bonds. The molecule has 16 nitrogen and oxygen atoms in total. The zero-order chi connectivity index (χ0) is 29.5. The van der Waals surface area contributed by atoms with Gasteiger partial charge in [-0.3, -0.25) is 34.7 Å². The number of nitro benzene ring substituents is 2. The van der Waals surface area contributed by atoms with Crippen LogP contribution in [-0.2, 0) is 6.61 Å². The van der Waals surface area contributed by atoms with E-state index in [2.05, 4.69) is 5.28 Å². The first-order valence-corrected chi connectivity index (χ1v) is 12.1. The fourth-order valence-corrected chi connectivity index (χ4v) is 3.97. The van der Waals surface area contributed by atoms with Crippen LogP contribution in [0.15, 0.2) is 72.0 Å². The maximum absolute atomic E-state index is 13.1. The summed E-state index contributed by atoms with van der Waals surface area (Å²) in [6.07, 6.45) is 0. The molecule has 0 spiro atoms. The molecule has 3 aromatic carbocycles. The Kier molecular flexibility index (Phi) is 8.51. The van der Waals surface area contributed by atoms with Gasteiger partial charge in [0, 0.05) is 24.7 Å². The van der Waals surface area contributed by atoms with Crippen LogP contribution in [0, 0.1) is 25.4 Å². The van der Waals surface area contributed by atoms with Gasteiger partial charge in [0.15, 0.2) is 0 Å². The molecular formula is C25H23N7O9. The number of primary amides is 1. The third kappa shape index (κ3) is 6.80. The number of benzene rings is 3. The summed E-state index contributed by atoms with van der Waals surface area (Å²) in [4.78, 5) is 51.6. The van der Waals surface area contributed by atoms with Gasteiger partial charge in [-0.15, -0.1) is 5.01 Å². The molecule has 1 aliphatic heterocycles. The van der Waals surface area contributed by atoms with Gasteiger partial charge >= 0.3 is 5.69 Å². The van der Waals surface area contributed by atoms with Gasteiger partial charge in [0.05, 0.1) is 39.5 Å². The molecule has 41 heavy (non-hydrogen) atoms. The number of rotatable bonds is 10. The quantitative estimate of drug-likeness (QED) is 0.164. The van der Waals surface area contributed by atoms with Gasteiger partial charge in [-0.05, 0) is 35.9 Å². The molecule has 1 fully saturated rings. The number of non-ortho nitro benzene ring substituents is 1. The van der Waals surface area contributed by atoms with Crippen molar-refractivity contribution in [2.24, 2.45) is 11.0 Å². The SMILES string of the molecule is NC(=O)c1ccccc1OCc1cccc(C(=O)N2CCN(/[N+]([O-])=N/Oc3ccc([N+](=O)[O-])cc3[N+](=O)[O-])CC2)c1. The highest BCUT2D eigenvalue weighted by molar-refractivity contribution is 5.95. The van der Waals surface area contributed by atoms with Crippen LogP contribution < -0.4 is 15.3 Å². The van der Waals surface area contributed by atoms with E-state index in [1.165, 1.54) is 5.01 Å². The second kappa shape index (κ2) is 12.4. The van der Waals surface area contributed by atoms with Gasteiger partial charge in [-0.2, -0.15) is 0 Å². The molecule has 4 rings (SSSR count). The van der Waals surface area contributed by atoms with Crippen molar-refractivity contribution < 1.29 is 34.0 Å². The van der Waals surface area contributed by atoms with E-state index in [4.69, 9.17) is 15.3 Å². The topological polar surface area (TPSA) is 210 Å². The smallest absolute Gasteiger partial charge is 0.321 e. The highest BCUT2D eigenvalue weighted by Gasteiger charge is 2.27. The van der Waals surface area contributed by atoms with Crippen molar-refractivity contribution in [2.75, 3.05) is 26.2 Å². The van der Waals surface area contributed by atoms with Gasteiger partial charge in [0.1, 0.15) is 12.4 Å². The van der Waals surface area contributed by atoms with E-state index in [-0.39, 0.29) is 49.2 Å². The zero-order valence-electron chi connectivity index (χ0n) is 21.3. The van der Waals surface area contributed by atoms with Gasteiger partial charge in [0.25, 0.3) is 17.5 Å². The maximum atomic E-state index is 13.1. The number of carbonyl (C=O) groups excluding carboxylic acids is 2. The average molecular weight is 565 g/mol. The number of carbonyl (C=O) groups is 2. The first-order valence-electron chi connectivity index (χ1n) is 12.1. The molecule has 0 radical (unpaired) electrons. The molecule has 212 valence electrons. The minimum Gasteiger partial charge on any atom is -0.569 e. The zero-order valence-corrected chi connectivity index (χ0v) is 21.3. The number of para-hydroxylation sites is 1. The summed E-state index contributed by atoms with van der Waals surface area (Å²) in [6.45, 7) is 0.641. The Labute approximate surface area is 231 Å². The highest BCUT2D eigenvalue weighted by atomic mass is 16.7. The standard InChI is InChI=1S/C25H23N7O9/c26-24(33)20-6-1-2-7-22(20)40-16-17-4-3-5-18(14-17)25(34)28-10-12-29(13-11-28)32(39)27-41-23-9-8-19(30(35)36)15-21(23)31(37)38/h1-9,14-15H,10-13,16H2,(H2,26,33)/b32-27-. The summed E-state index contributed by atoms with van der Waals surface area (Å²) in [5.41, 5.74) is 5.47. The first-order chi connectivity index (χ1) is 19.6. The second-order valence-corrected chi connectivity index (χ2v) is 8.69. The largest absolute Gasteiger partial charge is 0.569 e. The van der Waals surface area contributed by atoms with Gasteiger partial charge in [-0.25, -0.2) is 0 Å². The van der Waals surface area contributed by atoms with Crippen LogP contribution in [-0.4, -0.2) is 62.7 Å². The van der Waals surface area contributed by atoms with E-state index in [9.17, 15) is 35.0 Å². The summed E-state index contributed by atoms with van der Waals surface area (Å²) in [5, 5.41) is 39.0. The molecule has 0 saturated carbocycles. The van der Waals surface area contributed by atoms with Crippen molar-refractivity contribution in [2.45, 2.75) is 6.61 Å². The monoisotopic (exact) mass is 565 g/mol. The molecule has 0 unspecified atom stereocenters. The van der Waals surface area contributed by atoms with Crippen LogP contribution in [0.4, 0.5) is 11.4 Å². The van der Waals surface area contributed by atoms with Crippen molar-refractivity contribution in [1.82, 2.24) is 9.91 Å². The number of nitrogens with two attached hydrogens (primary N) is 1. The summed E-state index contributed by atoms with van der Waals surface area (Å²) in [6, 6.07) is 16.0. The fourth-order valence-electron chi connectivity index (χ4n) is 3.97. The van der Waals surface area contributed by atoms with Crippen LogP contribution >= 0.6 is 0 Å². The highest BCUT2D eigenvalue weighted by Crippen LogP contribution is 2.31. The van der Waals surface area contributed by atoms with Crippen molar-refractivity contribution in [3.05, 3.63) is 109 Å². The number of piperazine rings is 1. The third-order valence-corrected chi connectivity index (χ3v) is 6.07. The predicted molar refractivity (Wildman–Crippen MR) is 140 cm³/mol. The number of hydrazine groups is 1. The molecule has 0 aromatic heterocycles. The van der Waals surface area contributed by atoms with E-state index in [1.807, 2.05) is 0 Å². The number of hydrogen-bond acceptors (Lipinski definition) is 10. The van der Waals surface area contributed by atoms with Crippen LogP contribution in [0.25, 0.3) is 0 Å². The lowest BCUT2D eigenvalue weighted by atomic mass is 10.1. The molecule has 0 atom stereocenters. The Morgan fingerprint density at radius 2 is 1.61 bits per heavy atom. The Morgan fingerprint density at radius 1 is 0.878 bits per heavy atom. The third-order valence-electron chi connectivity index (χ3n) is 6.07. The van der Waals surface area contributed by atoms with E-state index in [0.717, 1.165) is 12.1 Å². The lowest BCUT2D eigenvalue weighted by Gasteiger charge is -2.31. The molecular weight excluding hydrogens is 542 g/mol. The van der Waals surface area contributed by atoms with Gasteiger partial charge in [-0.1, -0.05) is 24.3 Å². The van der Waals surface area contributed by atoms with Crippen LogP contribution in [0.1, 0.15) is 26.3 Å².